The summed E-state index contributed by atoms with van der Waals surface area (Å²) in [6.07, 6.45) is 2.36. The number of alkyl halides is 1. The van der Waals surface area contributed by atoms with E-state index in [1.807, 2.05) is 66.7 Å². The van der Waals surface area contributed by atoms with E-state index in [-0.39, 0.29) is 10.8 Å². The van der Waals surface area contributed by atoms with Gasteiger partial charge in [-0.3, -0.25) is 9.44 Å². The topological polar surface area (TPSA) is 126 Å². The smallest absolute Gasteiger partial charge is 0.229 e. The molecule has 2 aliphatic heterocycles. The van der Waals surface area contributed by atoms with Crippen molar-refractivity contribution in [2.45, 2.75) is 37.9 Å². The maximum atomic E-state index is 11.5. The third-order valence-corrected chi connectivity index (χ3v) is 13.6. The molecular formula is C44H57BrN4O6S2. The number of anilines is 2. The normalized spacial score (nSPS) is 25.8. The van der Waals surface area contributed by atoms with Gasteiger partial charge >= 0.3 is 0 Å². The van der Waals surface area contributed by atoms with Crippen LogP contribution in [0.25, 0.3) is 0 Å². The van der Waals surface area contributed by atoms with Crippen LogP contribution in [0, 0.1) is 23.7 Å². The second-order valence-electron chi connectivity index (χ2n) is 16.1. The molecule has 0 bridgehead atoms. The van der Waals surface area contributed by atoms with Gasteiger partial charge in [0.15, 0.2) is 0 Å². The summed E-state index contributed by atoms with van der Waals surface area (Å²) in [4.78, 5) is 2.49. The third-order valence-electron chi connectivity index (χ3n) is 12.0. The molecule has 4 fully saturated rings. The lowest BCUT2D eigenvalue weighted by molar-refractivity contribution is 0.0941. The molecule has 0 aromatic heterocycles. The van der Waals surface area contributed by atoms with Crippen LogP contribution in [-0.2, 0) is 53.6 Å². The van der Waals surface area contributed by atoms with Gasteiger partial charge in [-0.1, -0.05) is 115 Å². The Kier molecular flexibility index (Phi) is 14.2. The van der Waals surface area contributed by atoms with E-state index in [9.17, 15) is 16.8 Å². The summed E-state index contributed by atoms with van der Waals surface area (Å²) in [6.45, 7) is 12.8. The number of hydrogen-bond donors (Lipinski definition) is 3. The number of likely N-dealkylation sites (tertiary alicyclic amines) is 1. The van der Waals surface area contributed by atoms with E-state index in [1.165, 1.54) is 34.8 Å². The summed E-state index contributed by atoms with van der Waals surface area (Å²) in [7, 11) is -6.45. The molecule has 4 aliphatic rings. The molecule has 10 nitrogen and oxygen atoms in total. The third kappa shape index (κ3) is 11.5. The lowest BCUT2D eigenvalue weighted by Crippen LogP contribution is -2.31. The molecule has 0 amide bonds. The van der Waals surface area contributed by atoms with E-state index in [4.69, 9.17) is 9.47 Å². The van der Waals surface area contributed by atoms with Gasteiger partial charge in [0.25, 0.3) is 0 Å². The van der Waals surface area contributed by atoms with Crippen LogP contribution in [0.5, 0.6) is 0 Å². The zero-order chi connectivity index (χ0) is 40.7. The quantitative estimate of drug-likeness (QED) is 0.0875. The Morgan fingerprint density at radius 2 is 1.09 bits per heavy atom. The fraction of sp³-hybridized carbons (Fsp3) is 0.455. The Bertz CT molecular complexity index is 2120. The Labute approximate surface area is 348 Å². The van der Waals surface area contributed by atoms with E-state index in [0.717, 1.165) is 51.3 Å². The lowest BCUT2D eigenvalue weighted by atomic mass is 9.92. The summed E-state index contributed by atoms with van der Waals surface area (Å²) < 4.78 is 61.8. The van der Waals surface area contributed by atoms with Gasteiger partial charge in [0.2, 0.25) is 20.0 Å². The molecule has 2 saturated heterocycles. The highest BCUT2D eigenvalue weighted by Gasteiger charge is 2.65. The predicted octanol–water partition coefficient (Wildman–Crippen LogP) is 6.86. The number of nitrogens with zero attached hydrogens (tertiary/aromatic N) is 1. The summed E-state index contributed by atoms with van der Waals surface area (Å²) in [5, 5.41) is 4.29. The maximum Gasteiger partial charge on any atom is 0.229 e. The minimum atomic E-state index is -3.25. The average Bonchev–Trinajstić information content (AvgIpc) is 3.63. The Morgan fingerprint density at radius 3 is 1.53 bits per heavy atom. The van der Waals surface area contributed by atoms with Crippen molar-refractivity contribution in [1.29, 1.82) is 0 Å². The van der Waals surface area contributed by atoms with Crippen LogP contribution in [-0.4, -0.2) is 85.5 Å². The standard InChI is InChI=1S/C22H28N2O3S.C13H18N2O2S.C9H11BrO/c1-22(18-9-6-10-19(13-18)23-28(2,25)26)20-14-24(15-21(20)22)11-12-27-16-17-7-4-3-5-8-17;1-13(11-7-14-8-12(11)13)9-4-3-5-10(6-9)15-18(2,16)17;10-6-7-11-8-9-4-2-1-3-5-9/h3-10,13,20-21,23H,11-12,14-16H2,1-2H3;3-6,11-12,14-15H,7-8H2,1-2H3;1-5H,6-8H2. The first-order chi connectivity index (χ1) is 27.2. The molecule has 2 saturated carbocycles. The first-order valence-electron chi connectivity index (χ1n) is 19.6. The number of hydrogen-bond acceptors (Lipinski definition) is 8. The molecule has 0 spiro atoms. The number of halogens is 1. The number of piperidine rings is 2. The predicted molar refractivity (Wildman–Crippen MR) is 234 cm³/mol. The van der Waals surface area contributed by atoms with Crippen molar-refractivity contribution in [3.05, 3.63) is 131 Å². The van der Waals surface area contributed by atoms with E-state index >= 15 is 0 Å². The van der Waals surface area contributed by atoms with Crippen LogP contribution < -0.4 is 14.8 Å². The van der Waals surface area contributed by atoms with Gasteiger partial charge in [-0.2, -0.15) is 0 Å². The van der Waals surface area contributed by atoms with Crippen molar-refractivity contribution in [3.63, 3.8) is 0 Å². The van der Waals surface area contributed by atoms with Crippen molar-refractivity contribution in [3.8, 4) is 0 Å². The molecule has 2 aliphatic carbocycles. The van der Waals surface area contributed by atoms with E-state index < -0.39 is 20.0 Å². The summed E-state index contributed by atoms with van der Waals surface area (Å²) in [5.74, 6) is 2.67. The minimum Gasteiger partial charge on any atom is -0.376 e. The number of fused-ring (bicyclic) bond motifs is 2. The zero-order valence-electron chi connectivity index (χ0n) is 33.4. The maximum absolute atomic E-state index is 11.5. The van der Waals surface area contributed by atoms with Crippen LogP contribution in [0.3, 0.4) is 0 Å². The second-order valence-corrected chi connectivity index (χ2v) is 20.4. The first kappa shape index (κ1) is 43.3. The fourth-order valence-corrected chi connectivity index (χ4v) is 10.2. The molecule has 4 aromatic rings. The van der Waals surface area contributed by atoms with Gasteiger partial charge in [-0.25, -0.2) is 16.8 Å². The Morgan fingerprint density at radius 1 is 0.649 bits per heavy atom. The molecule has 3 N–H and O–H groups in total. The number of rotatable bonds is 15. The van der Waals surface area contributed by atoms with Gasteiger partial charge in [-0.05, 0) is 83.3 Å². The van der Waals surface area contributed by atoms with Crippen LogP contribution in [0.1, 0.15) is 36.1 Å². The Balaban J connectivity index is 0.000000161. The summed E-state index contributed by atoms with van der Waals surface area (Å²) in [5.41, 5.74) is 6.60. The van der Waals surface area contributed by atoms with Gasteiger partial charge in [0.05, 0.1) is 38.9 Å². The Hall–Kier alpha value is -3.30. The summed E-state index contributed by atoms with van der Waals surface area (Å²) >= 11 is 3.30. The highest BCUT2D eigenvalue weighted by atomic mass is 79.9. The average molecular weight is 882 g/mol. The molecule has 0 radical (unpaired) electrons. The van der Waals surface area contributed by atoms with E-state index in [1.54, 1.807) is 6.07 Å². The number of ether oxygens (including phenoxy) is 2. The first-order valence-corrected chi connectivity index (χ1v) is 24.5. The molecule has 57 heavy (non-hydrogen) atoms. The second kappa shape index (κ2) is 18.7. The van der Waals surface area contributed by atoms with Gasteiger partial charge in [0, 0.05) is 47.2 Å². The molecule has 13 heteroatoms. The van der Waals surface area contributed by atoms with Crippen LogP contribution >= 0.6 is 15.9 Å². The number of sulfonamides is 2. The molecule has 2 heterocycles. The van der Waals surface area contributed by atoms with Crippen LogP contribution in [0.4, 0.5) is 11.4 Å². The van der Waals surface area contributed by atoms with Crippen molar-refractivity contribution >= 4 is 47.4 Å². The summed E-state index contributed by atoms with van der Waals surface area (Å²) in [6, 6.07) is 36.1. The van der Waals surface area contributed by atoms with Crippen LogP contribution in [0.15, 0.2) is 109 Å². The number of nitrogens with one attached hydrogen (secondary N) is 3. The largest absolute Gasteiger partial charge is 0.376 e. The number of benzene rings is 4. The van der Waals surface area contributed by atoms with Gasteiger partial charge in [0.1, 0.15) is 0 Å². The van der Waals surface area contributed by atoms with Gasteiger partial charge < -0.3 is 19.7 Å². The molecule has 4 aromatic carbocycles. The molecule has 308 valence electrons. The fourth-order valence-electron chi connectivity index (χ4n) is 8.84. The molecule has 8 rings (SSSR count). The van der Waals surface area contributed by atoms with Crippen LogP contribution in [0.2, 0.25) is 0 Å². The van der Waals surface area contributed by atoms with Crippen molar-refractivity contribution < 1.29 is 26.3 Å². The lowest BCUT2D eigenvalue weighted by Gasteiger charge is -2.24. The van der Waals surface area contributed by atoms with Crippen molar-refractivity contribution in [1.82, 2.24) is 10.2 Å². The molecule has 4 atom stereocenters. The monoisotopic (exact) mass is 880 g/mol. The molecule has 4 unspecified atom stereocenters. The SMILES string of the molecule is BrCCOCc1ccccc1.CC1(c2cccc(NS(C)(=O)=O)c2)C2CN(CCOCc3ccccc3)CC21.CC1(c2cccc(NS(C)(=O)=O)c2)C2CNCC21. The highest BCUT2D eigenvalue weighted by Crippen LogP contribution is 2.63. The van der Waals surface area contributed by atoms with Gasteiger partial charge in [-0.15, -0.1) is 0 Å². The van der Waals surface area contributed by atoms with Crippen molar-refractivity contribution in [2.75, 3.05) is 73.2 Å². The minimum absolute atomic E-state index is 0.149. The molecular weight excluding hydrogens is 825 g/mol. The van der Waals surface area contributed by atoms with E-state index in [2.05, 4.69) is 85.8 Å². The van der Waals surface area contributed by atoms with Crippen molar-refractivity contribution in [2.24, 2.45) is 23.7 Å². The zero-order valence-corrected chi connectivity index (χ0v) is 36.6. The van der Waals surface area contributed by atoms with E-state index in [0.29, 0.717) is 48.3 Å². The highest BCUT2D eigenvalue weighted by molar-refractivity contribution is 9.09.